The standard InChI is InChI=1S/C22H24N2O3/c1-27-18-9-7-8-17(16-18)12-13-21(25)23-20-11-4-3-10-19(20)22(26)24-14-5-2-6-15-24/h3-4,7-13,16H,2,5-6,14-15H2,1H3,(H,23,25)/b13-12+. The summed E-state index contributed by atoms with van der Waals surface area (Å²) in [7, 11) is 1.60. The zero-order valence-electron chi connectivity index (χ0n) is 15.5. The molecule has 0 saturated carbocycles. The minimum Gasteiger partial charge on any atom is -0.497 e. The molecule has 2 aromatic carbocycles. The first kappa shape index (κ1) is 18.7. The number of amides is 2. The lowest BCUT2D eigenvalue weighted by Crippen LogP contribution is -2.36. The monoisotopic (exact) mass is 364 g/mol. The van der Waals surface area contributed by atoms with Gasteiger partial charge in [0.2, 0.25) is 5.91 Å². The van der Waals surface area contributed by atoms with E-state index >= 15 is 0 Å². The van der Waals surface area contributed by atoms with Crippen LogP contribution in [0.4, 0.5) is 5.69 Å². The van der Waals surface area contributed by atoms with E-state index in [0.717, 1.165) is 43.7 Å². The quantitative estimate of drug-likeness (QED) is 0.817. The molecule has 27 heavy (non-hydrogen) atoms. The number of hydrogen-bond acceptors (Lipinski definition) is 3. The van der Waals surface area contributed by atoms with Gasteiger partial charge < -0.3 is 15.0 Å². The van der Waals surface area contributed by atoms with E-state index in [1.165, 1.54) is 6.08 Å². The Labute approximate surface area is 159 Å². The van der Waals surface area contributed by atoms with Gasteiger partial charge in [0.15, 0.2) is 0 Å². The summed E-state index contributed by atoms with van der Waals surface area (Å²) in [5.41, 5.74) is 1.93. The molecule has 0 aromatic heterocycles. The van der Waals surface area contributed by atoms with Crippen LogP contribution in [-0.4, -0.2) is 36.9 Å². The molecule has 0 radical (unpaired) electrons. The second-order valence-electron chi connectivity index (χ2n) is 6.50. The van der Waals surface area contributed by atoms with Gasteiger partial charge in [-0.25, -0.2) is 0 Å². The second kappa shape index (κ2) is 9.03. The molecular weight excluding hydrogens is 340 g/mol. The maximum Gasteiger partial charge on any atom is 0.255 e. The highest BCUT2D eigenvalue weighted by atomic mass is 16.5. The first-order valence-electron chi connectivity index (χ1n) is 9.19. The van der Waals surface area contributed by atoms with Gasteiger partial charge in [-0.05, 0) is 55.2 Å². The number of anilines is 1. The number of hydrogen-bond donors (Lipinski definition) is 1. The van der Waals surface area contributed by atoms with Gasteiger partial charge in [-0.15, -0.1) is 0 Å². The third-order valence-electron chi connectivity index (χ3n) is 4.58. The number of nitrogens with zero attached hydrogens (tertiary/aromatic N) is 1. The fourth-order valence-corrected chi connectivity index (χ4v) is 3.14. The van der Waals surface area contributed by atoms with E-state index in [2.05, 4.69) is 5.32 Å². The summed E-state index contributed by atoms with van der Waals surface area (Å²) in [5, 5.41) is 2.82. The maximum atomic E-state index is 12.8. The van der Waals surface area contributed by atoms with Crippen molar-refractivity contribution in [1.29, 1.82) is 0 Å². The fourth-order valence-electron chi connectivity index (χ4n) is 3.14. The highest BCUT2D eigenvalue weighted by Gasteiger charge is 2.20. The van der Waals surface area contributed by atoms with Gasteiger partial charge in [0.1, 0.15) is 5.75 Å². The summed E-state index contributed by atoms with van der Waals surface area (Å²) < 4.78 is 5.18. The molecule has 0 spiro atoms. The number of rotatable bonds is 5. The number of ether oxygens (including phenoxy) is 1. The Bertz CT molecular complexity index is 839. The van der Waals surface area contributed by atoms with Gasteiger partial charge in [0.05, 0.1) is 18.4 Å². The lowest BCUT2D eigenvalue weighted by atomic mass is 10.1. The van der Waals surface area contributed by atoms with Crippen LogP contribution >= 0.6 is 0 Å². The number of carbonyl (C=O) groups is 2. The number of carbonyl (C=O) groups excluding carboxylic acids is 2. The average Bonchev–Trinajstić information content (AvgIpc) is 2.73. The van der Waals surface area contributed by atoms with Gasteiger partial charge in [0, 0.05) is 19.2 Å². The maximum absolute atomic E-state index is 12.8. The van der Waals surface area contributed by atoms with E-state index in [0.29, 0.717) is 11.3 Å². The van der Waals surface area contributed by atoms with Crippen molar-refractivity contribution >= 4 is 23.6 Å². The number of para-hydroxylation sites is 1. The van der Waals surface area contributed by atoms with E-state index in [-0.39, 0.29) is 11.8 Å². The Morgan fingerprint density at radius 1 is 1.04 bits per heavy atom. The zero-order chi connectivity index (χ0) is 19.1. The van der Waals surface area contributed by atoms with Crippen LogP contribution in [0.3, 0.4) is 0 Å². The SMILES string of the molecule is COc1cccc(/C=C/C(=O)Nc2ccccc2C(=O)N2CCCCC2)c1. The summed E-state index contributed by atoms with van der Waals surface area (Å²) in [6, 6.07) is 14.6. The third kappa shape index (κ3) is 4.97. The molecule has 0 atom stereocenters. The smallest absolute Gasteiger partial charge is 0.255 e. The molecule has 1 heterocycles. The number of piperidine rings is 1. The van der Waals surface area contributed by atoms with E-state index in [4.69, 9.17) is 4.74 Å². The lowest BCUT2D eigenvalue weighted by Gasteiger charge is -2.27. The predicted molar refractivity (Wildman–Crippen MR) is 107 cm³/mol. The molecule has 2 aromatic rings. The van der Waals surface area contributed by atoms with Crippen LogP contribution in [-0.2, 0) is 4.79 Å². The Balaban J connectivity index is 1.70. The zero-order valence-corrected chi connectivity index (χ0v) is 15.5. The van der Waals surface area contributed by atoms with Crippen molar-refractivity contribution in [1.82, 2.24) is 4.90 Å². The minimum atomic E-state index is -0.281. The van der Waals surface area contributed by atoms with Crippen LogP contribution < -0.4 is 10.1 Å². The van der Waals surface area contributed by atoms with E-state index in [1.54, 1.807) is 25.3 Å². The molecule has 1 aliphatic heterocycles. The largest absolute Gasteiger partial charge is 0.497 e. The Kier molecular flexibility index (Phi) is 6.26. The van der Waals surface area contributed by atoms with Gasteiger partial charge in [-0.2, -0.15) is 0 Å². The molecule has 1 fully saturated rings. The van der Waals surface area contributed by atoms with Crippen molar-refractivity contribution in [3.8, 4) is 5.75 Å². The topological polar surface area (TPSA) is 58.6 Å². The summed E-state index contributed by atoms with van der Waals surface area (Å²) in [6.45, 7) is 1.55. The Hall–Kier alpha value is -3.08. The second-order valence-corrected chi connectivity index (χ2v) is 6.50. The highest BCUT2D eigenvalue weighted by molar-refractivity contribution is 6.07. The Morgan fingerprint density at radius 3 is 2.59 bits per heavy atom. The Morgan fingerprint density at radius 2 is 1.81 bits per heavy atom. The third-order valence-corrected chi connectivity index (χ3v) is 4.58. The van der Waals surface area contributed by atoms with Crippen LogP contribution in [0, 0.1) is 0 Å². The normalized spacial score (nSPS) is 14.2. The molecule has 5 nitrogen and oxygen atoms in total. The minimum absolute atomic E-state index is 0.0256. The molecule has 3 rings (SSSR count). The van der Waals surface area contributed by atoms with E-state index < -0.39 is 0 Å². The van der Waals surface area contributed by atoms with Gasteiger partial charge in [0.25, 0.3) is 5.91 Å². The van der Waals surface area contributed by atoms with Crippen molar-refractivity contribution in [3.05, 3.63) is 65.7 Å². The molecular formula is C22H24N2O3. The molecule has 0 bridgehead atoms. The van der Waals surface area contributed by atoms with Crippen LogP contribution in [0.25, 0.3) is 6.08 Å². The summed E-state index contributed by atoms with van der Waals surface area (Å²) >= 11 is 0. The van der Waals surface area contributed by atoms with Crippen LogP contribution in [0.15, 0.2) is 54.6 Å². The predicted octanol–water partition coefficient (Wildman–Crippen LogP) is 3.97. The average molecular weight is 364 g/mol. The summed E-state index contributed by atoms with van der Waals surface area (Å²) in [4.78, 5) is 27.0. The molecule has 0 aliphatic carbocycles. The van der Waals surface area contributed by atoms with Crippen molar-refractivity contribution in [2.75, 3.05) is 25.5 Å². The number of methoxy groups -OCH3 is 1. The first-order valence-corrected chi connectivity index (χ1v) is 9.19. The fraction of sp³-hybridized carbons (Fsp3) is 0.273. The molecule has 0 unspecified atom stereocenters. The van der Waals surface area contributed by atoms with Crippen molar-refractivity contribution in [3.63, 3.8) is 0 Å². The van der Waals surface area contributed by atoms with Crippen LogP contribution in [0.5, 0.6) is 5.75 Å². The molecule has 1 N–H and O–H groups in total. The van der Waals surface area contributed by atoms with Crippen LogP contribution in [0.1, 0.15) is 35.2 Å². The van der Waals surface area contributed by atoms with Crippen molar-refractivity contribution in [2.24, 2.45) is 0 Å². The molecule has 5 heteroatoms. The lowest BCUT2D eigenvalue weighted by molar-refractivity contribution is -0.111. The van der Waals surface area contributed by atoms with Crippen LogP contribution in [0.2, 0.25) is 0 Å². The van der Waals surface area contributed by atoms with E-state index in [9.17, 15) is 9.59 Å². The highest BCUT2D eigenvalue weighted by Crippen LogP contribution is 2.20. The molecule has 2 amide bonds. The van der Waals surface area contributed by atoms with Gasteiger partial charge in [-0.3, -0.25) is 9.59 Å². The number of likely N-dealkylation sites (tertiary alicyclic amines) is 1. The molecule has 140 valence electrons. The molecule has 1 saturated heterocycles. The van der Waals surface area contributed by atoms with E-state index in [1.807, 2.05) is 41.3 Å². The first-order chi connectivity index (χ1) is 13.2. The summed E-state index contributed by atoms with van der Waals surface area (Å²) in [5.74, 6) is 0.425. The van der Waals surface area contributed by atoms with Crippen molar-refractivity contribution in [2.45, 2.75) is 19.3 Å². The number of benzene rings is 2. The number of nitrogens with one attached hydrogen (secondary N) is 1. The van der Waals surface area contributed by atoms with Gasteiger partial charge >= 0.3 is 0 Å². The summed E-state index contributed by atoms with van der Waals surface area (Å²) in [6.07, 6.45) is 6.40. The molecule has 1 aliphatic rings. The van der Waals surface area contributed by atoms with Gasteiger partial charge in [-0.1, -0.05) is 24.3 Å². The van der Waals surface area contributed by atoms with Crippen molar-refractivity contribution < 1.29 is 14.3 Å².